The van der Waals surface area contributed by atoms with E-state index in [1.54, 1.807) is 39.0 Å². The van der Waals surface area contributed by atoms with E-state index >= 15 is 0 Å². The third kappa shape index (κ3) is 5.71. The van der Waals surface area contributed by atoms with Crippen LogP contribution in [0.2, 0.25) is 0 Å². The molecule has 0 unspecified atom stereocenters. The Balaban J connectivity index is 1.65. The molecule has 3 aromatic rings. The Labute approximate surface area is 194 Å². The number of hydrogen-bond donors (Lipinski definition) is 2. The first-order valence-corrected chi connectivity index (χ1v) is 10.4. The molecule has 1 atom stereocenters. The Hall–Kier alpha value is -4.34. The summed E-state index contributed by atoms with van der Waals surface area (Å²) in [6.45, 7) is 5.21. The van der Waals surface area contributed by atoms with Gasteiger partial charge in [0.15, 0.2) is 0 Å². The summed E-state index contributed by atoms with van der Waals surface area (Å²) in [6.07, 6.45) is 1.29. The first-order chi connectivity index (χ1) is 16.2. The van der Waals surface area contributed by atoms with E-state index < -0.39 is 28.6 Å². The molecule has 1 aromatic heterocycles. The average molecular weight is 466 g/mol. The lowest BCUT2D eigenvalue weighted by molar-refractivity contribution is -0.384. The van der Waals surface area contributed by atoms with Crippen LogP contribution in [0.25, 0.3) is 11.3 Å². The maximum atomic E-state index is 13.9. The Morgan fingerprint density at radius 1 is 1.15 bits per heavy atom. The number of rotatable bonds is 8. The van der Waals surface area contributed by atoms with Crippen molar-refractivity contribution in [2.45, 2.75) is 26.8 Å². The molecule has 2 N–H and O–H groups in total. The first-order valence-electron chi connectivity index (χ1n) is 10.4. The number of nitro benzene ring substituents is 1. The number of aryl methyl sites for hydroxylation is 1. The van der Waals surface area contributed by atoms with Gasteiger partial charge in [0, 0.05) is 17.7 Å². The number of carbonyl (C=O) groups is 2. The Bertz CT molecular complexity index is 1250. The van der Waals surface area contributed by atoms with Gasteiger partial charge in [0.2, 0.25) is 0 Å². The van der Waals surface area contributed by atoms with Crippen molar-refractivity contribution in [1.82, 2.24) is 10.7 Å². The molecule has 2 aromatic carbocycles. The second kappa shape index (κ2) is 10.5. The molecule has 0 bridgehead atoms. The zero-order chi connectivity index (χ0) is 24.8. The van der Waals surface area contributed by atoms with Gasteiger partial charge >= 0.3 is 0 Å². The Morgan fingerprint density at radius 3 is 2.53 bits per heavy atom. The maximum absolute atomic E-state index is 13.9. The van der Waals surface area contributed by atoms with E-state index in [1.807, 2.05) is 0 Å². The summed E-state index contributed by atoms with van der Waals surface area (Å²) in [7, 11) is 0. The van der Waals surface area contributed by atoms with Crippen molar-refractivity contribution in [3.63, 3.8) is 0 Å². The highest BCUT2D eigenvalue weighted by atomic mass is 19.1. The summed E-state index contributed by atoms with van der Waals surface area (Å²) < 4.78 is 19.6. The molecule has 0 saturated carbocycles. The van der Waals surface area contributed by atoms with Gasteiger partial charge in [0.1, 0.15) is 23.4 Å². The summed E-state index contributed by atoms with van der Waals surface area (Å²) >= 11 is 0. The van der Waals surface area contributed by atoms with Gasteiger partial charge < -0.3 is 9.73 Å². The molecule has 10 heteroatoms. The zero-order valence-electron chi connectivity index (χ0n) is 18.7. The molecule has 9 nitrogen and oxygen atoms in total. The SMILES string of the molecule is Cc1cc([N+](=O)[O-])ccc1-c1ccc(/C=N\NC(=O)[C@H](NC(=O)c2ccccc2F)C(C)C)o1. The summed E-state index contributed by atoms with van der Waals surface area (Å²) in [5, 5.41) is 17.3. The largest absolute Gasteiger partial charge is 0.455 e. The van der Waals surface area contributed by atoms with E-state index in [4.69, 9.17) is 4.42 Å². The van der Waals surface area contributed by atoms with Gasteiger partial charge in [-0.3, -0.25) is 19.7 Å². The molecular weight excluding hydrogens is 443 g/mol. The van der Waals surface area contributed by atoms with Crippen molar-refractivity contribution in [3.8, 4) is 11.3 Å². The third-order valence-electron chi connectivity index (χ3n) is 5.03. The molecule has 1 heterocycles. The summed E-state index contributed by atoms with van der Waals surface area (Å²) in [5.74, 6) is -1.43. The van der Waals surface area contributed by atoms with E-state index in [0.717, 1.165) is 0 Å². The Morgan fingerprint density at radius 2 is 1.88 bits per heavy atom. The normalized spacial score (nSPS) is 12.0. The third-order valence-corrected chi connectivity index (χ3v) is 5.03. The van der Waals surface area contributed by atoms with Gasteiger partial charge in [-0.1, -0.05) is 26.0 Å². The standard InChI is InChI=1S/C24H23FN4O5/c1-14(2)22(27-23(30)19-6-4-5-7-20(19)25)24(31)28-26-13-17-9-11-21(34-17)18-10-8-16(29(32)33)12-15(18)3/h4-14,22H,1-3H3,(H,27,30)(H,28,31)/b26-13-/t22-/m1/s1. The number of non-ortho nitro benzene ring substituents is 1. The minimum absolute atomic E-state index is 0.0147. The second-order valence-corrected chi connectivity index (χ2v) is 7.87. The van der Waals surface area contributed by atoms with Gasteiger partial charge in [0.05, 0.1) is 16.7 Å². The van der Waals surface area contributed by atoms with E-state index in [2.05, 4.69) is 15.8 Å². The fraction of sp³-hybridized carbons (Fsp3) is 0.208. The second-order valence-electron chi connectivity index (χ2n) is 7.87. The molecule has 176 valence electrons. The van der Waals surface area contributed by atoms with E-state index in [0.29, 0.717) is 22.6 Å². The summed E-state index contributed by atoms with van der Waals surface area (Å²) in [5.41, 5.74) is 3.54. The number of benzene rings is 2. The van der Waals surface area contributed by atoms with Crippen LogP contribution in [-0.4, -0.2) is 29.0 Å². The summed E-state index contributed by atoms with van der Waals surface area (Å²) in [6, 6.07) is 12.3. The molecule has 3 rings (SSSR count). The lowest BCUT2D eigenvalue weighted by Gasteiger charge is -2.20. The minimum Gasteiger partial charge on any atom is -0.455 e. The van der Waals surface area contributed by atoms with E-state index in [9.17, 15) is 24.1 Å². The zero-order valence-corrected chi connectivity index (χ0v) is 18.7. The predicted molar refractivity (Wildman–Crippen MR) is 124 cm³/mol. The van der Waals surface area contributed by atoms with E-state index in [1.165, 1.54) is 42.6 Å². The van der Waals surface area contributed by atoms with Gasteiger partial charge in [0.25, 0.3) is 17.5 Å². The van der Waals surface area contributed by atoms with Crippen LogP contribution in [0.15, 0.2) is 64.1 Å². The van der Waals surface area contributed by atoms with Crippen LogP contribution in [0.1, 0.15) is 35.5 Å². The molecule has 0 aliphatic heterocycles. The van der Waals surface area contributed by atoms with Crippen molar-refractivity contribution in [3.05, 3.63) is 87.4 Å². The highest BCUT2D eigenvalue weighted by Gasteiger charge is 2.25. The van der Waals surface area contributed by atoms with Gasteiger partial charge in [-0.15, -0.1) is 0 Å². The van der Waals surface area contributed by atoms with Crippen molar-refractivity contribution in [2.75, 3.05) is 0 Å². The monoisotopic (exact) mass is 466 g/mol. The smallest absolute Gasteiger partial charge is 0.269 e. The topological polar surface area (TPSA) is 127 Å². The molecule has 0 spiro atoms. The van der Waals surface area contributed by atoms with Gasteiger partial charge in [-0.05, 0) is 48.7 Å². The molecule has 0 saturated heterocycles. The van der Waals surface area contributed by atoms with E-state index in [-0.39, 0.29) is 17.2 Å². The Kier molecular flexibility index (Phi) is 7.52. The van der Waals surface area contributed by atoms with Crippen molar-refractivity contribution in [2.24, 2.45) is 11.0 Å². The quantitative estimate of drug-likeness (QED) is 0.292. The fourth-order valence-electron chi connectivity index (χ4n) is 3.23. The number of hydrogen-bond acceptors (Lipinski definition) is 6. The lowest BCUT2D eigenvalue weighted by atomic mass is 10.0. The highest BCUT2D eigenvalue weighted by molar-refractivity contribution is 5.98. The first kappa shape index (κ1) is 24.3. The van der Waals surface area contributed by atoms with Crippen molar-refractivity contribution >= 4 is 23.7 Å². The van der Waals surface area contributed by atoms with Gasteiger partial charge in [-0.25, -0.2) is 9.82 Å². The fourth-order valence-corrected chi connectivity index (χ4v) is 3.23. The van der Waals surface area contributed by atoms with Crippen LogP contribution >= 0.6 is 0 Å². The number of nitrogens with zero attached hydrogens (tertiary/aromatic N) is 2. The number of nitro groups is 1. The van der Waals surface area contributed by atoms with Crippen molar-refractivity contribution in [1.29, 1.82) is 0 Å². The number of furan rings is 1. The van der Waals surface area contributed by atoms with Crippen LogP contribution in [0.4, 0.5) is 10.1 Å². The van der Waals surface area contributed by atoms with Crippen LogP contribution < -0.4 is 10.7 Å². The number of halogens is 1. The maximum Gasteiger partial charge on any atom is 0.269 e. The molecule has 0 fully saturated rings. The molecule has 34 heavy (non-hydrogen) atoms. The van der Waals surface area contributed by atoms with Gasteiger partial charge in [-0.2, -0.15) is 5.10 Å². The van der Waals surface area contributed by atoms with Crippen LogP contribution in [0, 0.1) is 28.8 Å². The number of amides is 2. The lowest BCUT2D eigenvalue weighted by Crippen LogP contribution is -2.48. The van der Waals surface area contributed by atoms with Crippen LogP contribution in [0.5, 0.6) is 0 Å². The number of hydrazone groups is 1. The minimum atomic E-state index is -0.945. The van der Waals surface area contributed by atoms with Crippen molar-refractivity contribution < 1.29 is 23.3 Å². The molecule has 0 radical (unpaired) electrons. The highest BCUT2D eigenvalue weighted by Crippen LogP contribution is 2.28. The number of carbonyl (C=O) groups excluding carboxylic acids is 2. The molecule has 0 aliphatic rings. The summed E-state index contributed by atoms with van der Waals surface area (Å²) in [4.78, 5) is 35.4. The number of nitrogens with one attached hydrogen (secondary N) is 2. The van der Waals surface area contributed by atoms with Crippen LogP contribution in [-0.2, 0) is 4.79 Å². The molecule has 2 amide bonds. The molecular formula is C24H23FN4O5. The molecule has 0 aliphatic carbocycles. The predicted octanol–water partition coefficient (Wildman–Crippen LogP) is 4.21. The average Bonchev–Trinajstić information content (AvgIpc) is 3.25. The van der Waals surface area contributed by atoms with Crippen LogP contribution in [0.3, 0.4) is 0 Å².